The third-order valence-corrected chi connectivity index (χ3v) is 6.51. The van der Waals surface area contributed by atoms with Crippen LogP contribution in [0.15, 0.2) is 71.6 Å². The molecular weight excluding hydrogens is 498 g/mol. The number of nitrogens with zero attached hydrogens (tertiary/aromatic N) is 1. The van der Waals surface area contributed by atoms with Crippen molar-refractivity contribution in [2.24, 2.45) is 0 Å². The van der Waals surface area contributed by atoms with Crippen molar-refractivity contribution in [2.75, 3.05) is 19.8 Å². The molecule has 1 heterocycles. The molecule has 1 saturated heterocycles. The van der Waals surface area contributed by atoms with E-state index >= 15 is 0 Å². The fourth-order valence-corrected chi connectivity index (χ4v) is 4.47. The van der Waals surface area contributed by atoms with Crippen LogP contribution in [0.4, 0.5) is 4.79 Å². The number of carbonyl (C=O) groups is 2. The van der Waals surface area contributed by atoms with E-state index in [1.54, 1.807) is 18.2 Å². The SMILES string of the molecule is CCOc1cc(/C=C2\SC(=O)N(CCOc3ccc(C)cc3)C2=O)ccc1OCc1ccc(Cl)cc1. The van der Waals surface area contributed by atoms with Crippen molar-refractivity contribution in [1.82, 2.24) is 4.90 Å². The van der Waals surface area contributed by atoms with E-state index in [1.165, 1.54) is 4.90 Å². The van der Waals surface area contributed by atoms with Crippen LogP contribution in [0.2, 0.25) is 5.02 Å². The molecule has 186 valence electrons. The minimum absolute atomic E-state index is 0.178. The number of thioether (sulfide) groups is 1. The summed E-state index contributed by atoms with van der Waals surface area (Å²) in [5, 5.41) is 0.355. The molecule has 0 bridgehead atoms. The molecule has 2 amide bonds. The van der Waals surface area contributed by atoms with Gasteiger partial charge in [0.2, 0.25) is 0 Å². The van der Waals surface area contributed by atoms with Crippen molar-refractivity contribution in [3.8, 4) is 17.2 Å². The number of hydrogen-bond acceptors (Lipinski definition) is 6. The van der Waals surface area contributed by atoms with Crippen molar-refractivity contribution in [3.63, 3.8) is 0 Å². The predicted molar refractivity (Wildman–Crippen MR) is 143 cm³/mol. The predicted octanol–water partition coefficient (Wildman–Crippen LogP) is 6.74. The molecule has 6 nitrogen and oxygen atoms in total. The van der Waals surface area contributed by atoms with Crippen LogP contribution in [0.5, 0.6) is 17.2 Å². The lowest BCUT2D eigenvalue weighted by Crippen LogP contribution is -2.32. The number of hydrogen-bond donors (Lipinski definition) is 0. The number of carbonyl (C=O) groups excluding carboxylic acids is 2. The van der Waals surface area contributed by atoms with Gasteiger partial charge in [0.05, 0.1) is 18.1 Å². The van der Waals surface area contributed by atoms with E-state index in [0.29, 0.717) is 40.4 Å². The van der Waals surface area contributed by atoms with Gasteiger partial charge in [-0.2, -0.15) is 0 Å². The molecule has 1 fully saturated rings. The number of benzene rings is 3. The number of imide groups is 1. The monoisotopic (exact) mass is 523 g/mol. The van der Waals surface area contributed by atoms with Gasteiger partial charge < -0.3 is 14.2 Å². The lowest BCUT2D eigenvalue weighted by molar-refractivity contribution is -0.123. The fraction of sp³-hybridized carbons (Fsp3) is 0.214. The van der Waals surface area contributed by atoms with Crippen molar-refractivity contribution in [2.45, 2.75) is 20.5 Å². The Bertz CT molecular complexity index is 1260. The molecule has 0 aromatic heterocycles. The van der Waals surface area contributed by atoms with E-state index in [-0.39, 0.29) is 24.3 Å². The van der Waals surface area contributed by atoms with Crippen molar-refractivity contribution >= 4 is 40.6 Å². The minimum Gasteiger partial charge on any atom is -0.492 e. The van der Waals surface area contributed by atoms with Crippen molar-refractivity contribution < 1.29 is 23.8 Å². The Balaban J connectivity index is 1.41. The van der Waals surface area contributed by atoms with Crippen LogP contribution in [0.25, 0.3) is 6.08 Å². The molecule has 8 heteroatoms. The molecule has 0 radical (unpaired) electrons. The van der Waals surface area contributed by atoms with Gasteiger partial charge in [0.1, 0.15) is 19.0 Å². The van der Waals surface area contributed by atoms with Gasteiger partial charge in [-0.25, -0.2) is 0 Å². The summed E-state index contributed by atoms with van der Waals surface area (Å²) in [6, 6.07) is 20.5. The van der Waals surface area contributed by atoms with Crippen LogP contribution in [-0.4, -0.2) is 35.8 Å². The van der Waals surface area contributed by atoms with Crippen LogP contribution in [0, 0.1) is 6.92 Å². The Morgan fingerprint density at radius 1 is 0.917 bits per heavy atom. The van der Waals surface area contributed by atoms with E-state index in [2.05, 4.69) is 0 Å². The Morgan fingerprint density at radius 2 is 1.67 bits per heavy atom. The Kier molecular flexibility index (Phi) is 8.57. The first kappa shape index (κ1) is 25.7. The van der Waals surface area contributed by atoms with Gasteiger partial charge in [-0.1, -0.05) is 47.5 Å². The van der Waals surface area contributed by atoms with Crippen LogP contribution < -0.4 is 14.2 Å². The maximum atomic E-state index is 12.9. The van der Waals surface area contributed by atoms with E-state index in [1.807, 2.05) is 68.4 Å². The third-order valence-electron chi connectivity index (χ3n) is 5.35. The molecule has 1 aliphatic heterocycles. The highest BCUT2D eigenvalue weighted by atomic mass is 35.5. The normalized spacial score (nSPS) is 14.4. The second-order valence-electron chi connectivity index (χ2n) is 8.05. The first-order valence-electron chi connectivity index (χ1n) is 11.5. The molecule has 3 aromatic rings. The summed E-state index contributed by atoms with van der Waals surface area (Å²) in [5.74, 6) is 1.51. The molecular formula is C28H26ClNO5S. The molecule has 4 rings (SSSR count). The molecule has 0 aliphatic carbocycles. The van der Waals surface area contributed by atoms with Crippen LogP contribution in [-0.2, 0) is 11.4 Å². The average molecular weight is 524 g/mol. The molecule has 1 aliphatic rings. The Hall–Kier alpha value is -3.42. The number of aryl methyl sites for hydroxylation is 1. The zero-order valence-corrected chi connectivity index (χ0v) is 21.6. The topological polar surface area (TPSA) is 65.1 Å². The van der Waals surface area contributed by atoms with Gasteiger partial charge in [0.25, 0.3) is 11.1 Å². The zero-order chi connectivity index (χ0) is 25.5. The maximum Gasteiger partial charge on any atom is 0.293 e. The first-order valence-corrected chi connectivity index (χ1v) is 12.7. The van der Waals surface area contributed by atoms with E-state index in [9.17, 15) is 9.59 Å². The van der Waals surface area contributed by atoms with Gasteiger partial charge in [-0.15, -0.1) is 0 Å². The van der Waals surface area contributed by atoms with E-state index in [4.69, 9.17) is 25.8 Å². The summed E-state index contributed by atoms with van der Waals surface area (Å²) in [5.41, 5.74) is 2.84. The Morgan fingerprint density at radius 3 is 2.39 bits per heavy atom. The lowest BCUT2D eigenvalue weighted by Gasteiger charge is -2.13. The standard InChI is InChI=1S/C28H26ClNO5S/c1-3-33-25-16-21(8-13-24(25)35-18-20-6-9-22(29)10-7-20)17-26-27(31)30(28(32)36-26)14-15-34-23-11-4-19(2)5-12-23/h4-13,16-17H,3,14-15,18H2,1-2H3/b26-17-. The molecule has 0 saturated carbocycles. The molecule has 0 unspecified atom stereocenters. The second kappa shape index (κ2) is 12.0. The third kappa shape index (κ3) is 6.62. The van der Waals surface area contributed by atoms with Gasteiger partial charge in [0.15, 0.2) is 11.5 Å². The molecule has 0 spiro atoms. The zero-order valence-electron chi connectivity index (χ0n) is 20.0. The fourth-order valence-electron chi connectivity index (χ4n) is 3.48. The first-order chi connectivity index (χ1) is 17.4. The maximum absolute atomic E-state index is 12.9. The summed E-state index contributed by atoms with van der Waals surface area (Å²) >= 11 is 6.86. The highest BCUT2D eigenvalue weighted by molar-refractivity contribution is 8.18. The Labute approximate surface area is 219 Å². The number of ether oxygens (including phenoxy) is 3. The largest absolute Gasteiger partial charge is 0.492 e. The number of halogens is 1. The minimum atomic E-state index is -0.335. The molecule has 0 N–H and O–H groups in total. The summed E-state index contributed by atoms with van der Waals surface area (Å²) in [6.07, 6.45) is 1.69. The van der Waals surface area contributed by atoms with Gasteiger partial charge in [0, 0.05) is 5.02 Å². The number of amides is 2. The van der Waals surface area contributed by atoms with Crippen molar-refractivity contribution in [1.29, 1.82) is 0 Å². The van der Waals surface area contributed by atoms with Crippen molar-refractivity contribution in [3.05, 3.63) is 93.3 Å². The molecule has 36 heavy (non-hydrogen) atoms. The van der Waals surface area contributed by atoms with Gasteiger partial charge in [-0.05, 0) is 79.2 Å². The highest BCUT2D eigenvalue weighted by Crippen LogP contribution is 2.35. The smallest absolute Gasteiger partial charge is 0.293 e. The molecule has 3 aromatic carbocycles. The average Bonchev–Trinajstić information content (AvgIpc) is 3.13. The molecule has 0 atom stereocenters. The van der Waals surface area contributed by atoms with E-state index in [0.717, 1.165) is 28.5 Å². The lowest BCUT2D eigenvalue weighted by atomic mass is 10.1. The second-order valence-corrected chi connectivity index (χ2v) is 9.48. The highest BCUT2D eigenvalue weighted by Gasteiger charge is 2.34. The van der Waals surface area contributed by atoms with E-state index < -0.39 is 0 Å². The van der Waals surface area contributed by atoms with Crippen LogP contribution in [0.3, 0.4) is 0 Å². The quantitative estimate of drug-likeness (QED) is 0.274. The number of rotatable bonds is 10. The van der Waals surface area contributed by atoms with Gasteiger partial charge >= 0.3 is 0 Å². The summed E-state index contributed by atoms with van der Waals surface area (Å²) in [6.45, 7) is 5.11. The summed E-state index contributed by atoms with van der Waals surface area (Å²) in [7, 11) is 0. The van der Waals surface area contributed by atoms with Gasteiger partial charge in [-0.3, -0.25) is 14.5 Å². The summed E-state index contributed by atoms with van der Waals surface area (Å²) < 4.78 is 17.4. The van der Waals surface area contributed by atoms with Crippen LogP contribution in [0.1, 0.15) is 23.6 Å². The van der Waals surface area contributed by atoms with Crippen LogP contribution >= 0.6 is 23.4 Å². The summed E-state index contributed by atoms with van der Waals surface area (Å²) in [4.78, 5) is 26.9.